The number of anilines is 1. The zero-order valence-electron chi connectivity index (χ0n) is 19.6. The highest BCUT2D eigenvalue weighted by atomic mass is 16.4. The summed E-state index contributed by atoms with van der Waals surface area (Å²) in [7, 11) is 1.56. The van der Waals surface area contributed by atoms with Crippen LogP contribution in [0.2, 0.25) is 0 Å². The van der Waals surface area contributed by atoms with Crippen molar-refractivity contribution in [3.63, 3.8) is 0 Å². The summed E-state index contributed by atoms with van der Waals surface area (Å²) in [5.74, 6) is -0.271. The van der Waals surface area contributed by atoms with E-state index in [-0.39, 0.29) is 23.2 Å². The van der Waals surface area contributed by atoms with Gasteiger partial charge in [-0.1, -0.05) is 36.4 Å². The van der Waals surface area contributed by atoms with Gasteiger partial charge in [0.25, 0.3) is 5.56 Å². The number of nitrogens with zero attached hydrogens (tertiary/aromatic N) is 4. The third kappa shape index (κ3) is 3.46. The van der Waals surface area contributed by atoms with E-state index < -0.39 is 17.3 Å². The first-order valence-electron chi connectivity index (χ1n) is 11.9. The van der Waals surface area contributed by atoms with Gasteiger partial charge in [0, 0.05) is 20.0 Å². The Kier molecular flexibility index (Phi) is 5.13. The summed E-state index contributed by atoms with van der Waals surface area (Å²) in [5.41, 5.74) is 3.25. The highest BCUT2D eigenvalue weighted by Gasteiger charge is 2.34. The number of hydrogen-bond acceptors (Lipinski definition) is 7. The molecule has 3 heterocycles. The number of rotatable bonds is 4. The molecule has 0 bridgehead atoms. The van der Waals surface area contributed by atoms with Crippen LogP contribution in [0.3, 0.4) is 0 Å². The Morgan fingerprint density at radius 3 is 2.64 bits per heavy atom. The molecule has 2 aliphatic rings. The molecule has 9 nitrogen and oxygen atoms in total. The van der Waals surface area contributed by atoms with Gasteiger partial charge in [-0.05, 0) is 48.1 Å². The van der Waals surface area contributed by atoms with E-state index in [0.717, 1.165) is 47.4 Å². The van der Waals surface area contributed by atoms with Gasteiger partial charge >= 0.3 is 5.97 Å². The molecule has 0 saturated heterocycles. The Balaban J connectivity index is 1.54. The predicted molar refractivity (Wildman–Crippen MR) is 131 cm³/mol. The van der Waals surface area contributed by atoms with Crippen molar-refractivity contribution in [1.82, 2.24) is 14.5 Å². The molecule has 2 N–H and O–H groups in total. The quantitative estimate of drug-likeness (QED) is 0.452. The van der Waals surface area contributed by atoms with Crippen molar-refractivity contribution in [2.75, 3.05) is 11.4 Å². The Hall–Kier alpha value is -4.40. The lowest BCUT2D eigenvalue weighted by atomic mass is 9.87. The minimum absolute atomic E-state index is 0.0133. The molecule has 0 spiro atoms. The molecule has 36 heavy (non-hydrogen) atoms. The normalized spacial score (nSPS) is 16.6. The van der Waals surface area contributed by atoms with Crippen LogP contribution in [0.4, 0.5) is 5.95 Å². The zero-order valence-corrected chi connectivity index (χ0v) is 19.6. The maximum atomic E-state index is 13.1. The number of carbonyl (C=O) groups is 1. The molecule has 9 heteroatoms. The number of benzene rings is 2. The second kappa shape index (κ2) is 8.37. The summed E-state index contributed by atoms with van der Waals surface area (Å²) in [4.78, 5) is 36.1. The summed E-state index contributed by atoms with van der Waals surface area (Å²) in [6.45, 7) is 0.533. The van der Waals surface area contributed by atoms with Crippen molar-refractivity contribution in [3.8, 4) is 17.3 Å². The molecule has 182 valence electrons. The lowest BCUT2D eigenvalue weighted by Gasteiger charge is -2.39. The average Bonchev–Trinajstić information content (AvgIpc) is 3.50. The second-order valence-corrected chi connectivity index (χ2v) is 9.19. The molecule has 1 aliphatic carbocycles. The molecule has 0 saturated carbocycles. The van der Waals surface area contributed by atoms with Crippen LogP contribution >= 0.6 is 0 Å². The summed E-state index contributed by atoms with van der Waals surface area (Å²) >= 11 is 0. The monoisotopic (exact) mass is 484 g/mol. The Labute approximate surface area is 206 Å². The minimum Gasteiger partial charge on any atom is -0.501 e. The maximum Gasteiger partial charge on any atom is 0.335 e. The molecule has 0 amide bonds. The average molecular weight is 485 g/mol. The van der Waals surface area contributed by atoms with Crippen LogP contribution < -0.4 is 10.5 Å². The number of carboxylic acid groups (broad SMARTS) is 1. The zero-order chi connectivity index (χ0) is 25.0. The fraction of sp³-hybridized carbons (Fsp3) is 0.259. The van der Waals surface area contributed by atoms with E-state index in [0.29, 0.717) is 18.9 Å². The number of oxazole rings is 1. The first-order valence-corrected chi connectivity index (χ1v) is 11.9. The highest BCUT2D eigenvalue weighted by Crippen LogP contribution is 2.39. The van der Waals surface area contributed by atoms with Crippen LogP contribution in [0.1, 0.15) is 51.0 Å². The summed E-state index contributed by atoms with van der Waals surface area (Å²) in [6, 6.07) is 14.5. The lowest BCUT2D eigenvalue weighted by Crippen LogP contribution is -2.40. The molecule has 6 rings (SSSR count). The van der Waals surface area contributed by atoms with E-state index in [1.165, 1.54) is 4.57 Å². The fourth-order valence-electron chi connectivity index (χ4n) is 5.23. The van der Waals surface area contributed by atoms with Gasteiger partial charge in [-0.3, -0.25) is 9.36 Å². The van der Waals surface area contributed by atoms with Crippen LogP contribution in [-0.4, -0.2) is 37.3 Å². The van der Waals surface area contributed by atoms with Crippen molar-refractivity contribution >= 4 is 11.9 Å². The van der Waals surface area contributed by atoms with E-state index >= 15 is 0 Å². The minimum atomic E-state index is -1.00. The SMILES string of the molecule is Cn1c(N2CCc3ccc(C(=O)O)cc3[C@H]2c2ccccc2)nc(-c2nc3c(o2)CCC3)c(O)c1=O. The molecule has 4 aromatic rings. The molecule has 2 aromatic heterocycles. The number of hydrogen-bond donors (Lipinski definition) is 2. The van der Waals surface area contributed by atoms with Gasteiger partial charge in [0.2, 0.25) is 17.6 Å². The number of aromatic nitrogens is 3. The molecule has 0 unspecified atom stereocenters. The van der Waals surface area contributed by atoms with Crippen LogP contribution in [0.5, 0.6) is 5.75 Å². The fourth-order valence-corrected chi connectivity index (χ4v) is 5.23. The third-order valence-corrected chi connectivity index (χ3v) is 7.03. The molecule has 0 radical (unpaired) electrons. The second-order valence-electron chi connectivity index (χ2n) is 9.19. The highest BCUT2D eigenvalue weighted by molar-refractivity contribution is 5.88. The van der Waals surface area contributed by atoms with Crippen LogP contribution in [0, 0.1) is 0 Å². The molecule has 0 fully saturated rings. The van der Waals surface area contributed by atoms with Crippen LogP contribution in [-0.2, 0) is 26.3 Å². The predicted octanol–water partition coefficient (Wildman–Crippen LogP) is 3.48. The summed E-state index contributed by atoms with van der Waals surface area (Å²) in [6.07, 6.45) is 3.17. The third-order valence-electron chi connectivity index (χ3n) is 7.03. The van der Waals surface area contributed by atoms with Crippen molar-refractivity contribution in [1.29, 1.82) is 0 Å². The van der Waals surface area contributed by atoms with Gasteiger partial charge in [-0.2, -0.15) is 0 Å². The van der Waals surface area contributed by atoms with Gasteiger partial charge in [-0.15, -0.1) is 0 Å². The van der Waals surface area contributed by atoms with E-state index in [4.69, 9.17) is 9.40 Å². The van der Waals surface area contributed by atoms with Gasteiger partial charge in [0.05, 0.1) is 17.3 Å². The molecule has 1 atom stereocenters. The standard InChI is InChI=1S/C27H24N4O5/c1-30-25(33)23(32)21(24-28-19-8-5-9-20(19)36-24)29-27(30)31-13-12-15-10-11-17(26(34)35)14-18(15)22(31)16-6-3-2-4-7-16/h2-4,6-7,10-11,14,22,32H,5,8-9,12-13H2,1H3,(H,34,35)/t22-/m1/s1. The Morgan fingerprint density at radius 2 is 1.89 bits per heavy atom. The Morgan fingerprint density at radius 1 is 1.08 bits per heavy atom. The van der Waals surface area contributed by atoms with Crippen molar-refractivity contribution in [2.24, 2.45) is 7.05 Å². The number of carboxylic acids is 1. The van der Waals surface area contributed by atoms with Crippen molar-refractivity contribution in [2.45, 2.75) is 31.7 Å². The van der Waals surface area contributed by atoms with Crippen molar-refractivity contribution < 1.29 is 19.4 Å². The molecule has 1 aliphatic heterocycles. The van der Waals surface area contributed by atoms with E-state index in [2.05, 4.69) is 4.98 Å². The van der Waals surface area contributed by atoms with Gasteiger partial charge in [0.15, 0.2) is 5.69 Å². The van der Waals surface area contributed by atoms with E-state index in [9.17, 15) is 19.8 Å². The summed E-state index contributed by atoms with van der Waals surface area (Å²) < 4.78 is 7.19. The number of aromatic carboxylic acids is 1. The van der Waals surface area contributed by atoms with E-state index in [1.54, 1.807) is 19.2 Å². The number of aryl methyl sites for hydroxylation is 2. The lowest BCUT2D eigenvalue weighted by molar-refractivity contribution is 0.0696. The largest absolute Gasteiger partial charge is 0.501 e. The van der Waals surface area contributed by atoms with Gasteiger partial charge < -0.3 is 19.5 Å². The van der Waals surface area contributed by atoms with Gasteiger partial charge in [0.1, 0.15) is 5.76 Å². The summed E-state index contributed by atoms with van der Waals surface area (Å²) in [5, 5.41) is 20.3. The molecular weight excluding hydrogens is 460 g/mol. The maximum absolute atomic E-state index is 13.1. The first kappa shape index (κ1) is 22.1. The molecular formula is C27H24N4O5. The number of aromatic hydroxyl groups is 1. The van der Waals surface area contributed by atoms with Crippen LogP contribution in [0.15, 0.2) is 57.7 Å². The molecule has 2 aromatic carbocycles. The van der Waals surface area contributed by atoms with Gasteiger partial charge in [-0.25, -0.2) is 14.8 Å². The van der Waals surface area contributed by atoms with Crippen molar-refractivity contribution in [3.05, 3.63) is 92.6 Å². The smallest absolute Gasteiger partial charge is 0.335 e. The van der Waals surface area contributed by atoms with E-state index in [1.807, 2.05) is 41.3 Å². The van der Waals surface area contributed by atoms with Crippen LogP contribution in [0.25, 0.3) is 11.6 Å². The topological polar surface area (TPSA) is 122 Å². The Bertz CT molecular complexity index is 1540. The number of fused-ring (bicyclic) bond motifs is 2. The first-order chi connectivity index (χ1) is 17.4.